The number of halogens is 3. The van der Waals surface area contributed by atoms with Gasteiger partial charge in [0.2, 0.25) is 10.0 Å². The van der Waals surface area contributed by atoms with Gasteiger partial charge in [-0.25, -0.2) is 18.1 Å². The van der Waals surface area contributed by atoms with Gasteiger partial charge < -0.3 is 20.2 Å². The van der Waals surface area contributed by atoms with E-state index >= 15 is 0 Å². The van der Waals surface area contributed by atoms with E-state index in [4.69, 9.17) is 0 Å². The monoisotopic (exact) mass is 581 g/mol. The second-order valence-corrected chi connectivity index (χ2v) is 13.9. The molecule has 3 N–H and O–H groups in total. The fourth-order valence-corrected chi connectivity index (χ4v) is 6.69. The van der Waals surface area contributed by atoms with Gasteiger partial charge in [0.05, 0.1) is 23.5 Å². The highest BCUT2D eigenvalue weighted by Crippen LogP contribution is 2.54. The molecule has 1 spiro atoms. The standard InChI is InChI=1S/C27H34F3N5O4S/c1-24(2,3)33-40(38,39)19-6-4-5-18(15-19)31-23(36)20-7-8-21(35-16-26(37,17-35)27(28,29)30)32-22(20)34-13-11-25(9-10-25)12-14-34/h4-8,15,33,37H,9-14,16-17H2,1-3H3,(H,31,36). The molecule has 3 heterocycles. The number of sulfonamides is 1. The molecule has 1 saturated carbocycles. The van der Waals surface area contributed by atoms with Crippen LogP contribution in [0.25, 0.3) is 0 Å². The summed E-state index contributed by atoms with van der Waals surface area (Å²) in [6, 6.07) is 8.88. The number of aliphatic hydroxyl groups is 1. The van der Waals surface area contributed by atoms with Gasteiger partial charge in [-0.1, -0.05) is 6.07 Å². The number of carbonyl (C=O) groups is 1. The number of nitrogens with one attached hydrogen (secondary N) is 2. The normalized spacial score (nSPS) is 20.3. The highest BCUT2D eigenvalue weighted by molar-refractivity contribution is 7.89. The highest BCUT2D eigenvalue weighted by atomic mass is 32.2. The topological polar surface area (TPSA) is 115 Å². The van der Waals surface area contributed by atoms with E-state index in [-0.39, 0.29) is 22.0 Å². The largest absolute Gasteiger partial charge is 0.420 e. The highest BCUT2D eigenvalue weighted by Gasteiger charge is 2.61. The Kier molecular flexibility index (Phi) is 6.86. The lowest BCUT2D eigenvalue weighted by Gasteiger charge is -2.47. The molecule has 9 nitrogen and oxygen atoms in total. The van der Waals surface area contributed by atoms with Crippen molar-refractivity contribution < 1.29 is 31.5 Å². The third kappa shape index (κ3) is 5.77. The summed E-state index contributed by atoms with van der Waals surface area (Å²) in [5.41, 5.74) is -2.64. The van der Waals surface area contributed by atoms with Crippen LogP contribution in [-0.2, 0) is 10.0 Å². The fourth-order valence-electron chi connectivity index (χ4n) is 5.23. The molecule has 218 valence electrons. The Morgan fingerprint density at radius 2 is 1.65 bits per heavy atom. The molecule has 1 aromatic heterocycles. The van der Waals surface area contributed by atoms with Crippen molar-refractivity contribution in [3.63, 3.8) is 0 Å². The number of aromatic nitrogens is 1. The molecular formula is C27H34F3N5O4S. The predicted octanol–water partition coefficient (Wildman–Crippen LogP) is 3.90. The zero-order chi connectivity index (χ0) is 29.1. The van der Waals surface area contributed by atoms with Crippen LogP contribution >= 0.6 is 0 Å². The molecule has 0 radical (unpaired) electrons. The molecule has 1 aliphatic carbocycles. The average molecular weight is 582 g/mol. The fraction of sp³-hybridized carbons (Fsp3) is 0.556. The van der Waals surface area contributed by atoms with E-state index in [0.717, 1.165) is 12.8 Å². The van der Waals surface area contributed by atoms with Gasteiger partial charge in [0.25, 0.3) is 5.91 Å². The van der Waals surface area contributed by atoms with Crippen LogP contribution in [0.15, 0.2) is 41.3 Å². The van der Waals surface area contributed by atoms with Crippen LogP contribution in [0.2, 0.25) is 0 Å². The molecule has 0 unspecified atom stereocenters. The first-order valence-electron chi connectivity index (χ1n) is 13.2. The Balaban J connectivity index is 1.40. The Morgan fingerprint density at radius 3 is 2.23 bits per heavy atom. The van der Waals surface area contributed by atoms with Crippen molar-refractivity contribution in [2.75, 3.05) is 41.3 Å². The number of anilines is 3. The quantitative estimate of drug-likeness (QED) is 0.474. The maximum absolute atomic E-state index is 13.5. The molecule has 3 fully saturated rings. The molecule has 2 aromatic rings. The first kappa shape index (κ1) is 28.6. The number of benzene rings is 1. The lowest BCUT2D eigenvalue weighted by molar-refractivity contribution is -0.267. The number of rotatable bonds is 6. The summed E-state index contributed by atoms with van der Waals surface area (Å²) in [4.78, 5) is 21.4. The number of hydrogen-bond acceptors (Lipinski definition) is 7. The number of piperidine rings is 1. The molecule has 0 atom stereocenters. The summed E-state index contributed by atoms with van der Waals surface area (Å²) in [6.45, 7) is 5.23. The van der Waals surface area contributed by atoms with Crippen LogP contribution in [0.1, 0.15) is 56.8 Å². The second kappa shape index (κ2) is 9.59. The number of carbonyl (C=O) groups excluding carboxylic acids is 1. The molecule has 13 heteroatoms. The molecule has 5 rings (SSSR count). The SMILES string of the molecule is CC(C)(C)NS(=O)(=O)c1cccc(NC(=O)c2ccc(N3CC(O)(C(F)(F)F)C3)nc2N2CCC3(CC2)CC3)c1. The van der Waals surface area contributed by atoms with Crippen molar-refractivity contribution in [2.24, 2.45) is 5.41 Å². The predicted molar refractivity (Wildman–Crippen MR) is 145 cm³/mol. The van der Waals surface area contributed by atoms with Crippen molar-refractivity contribution in [3.8, 4) is 0 Å². The third-order valence-electron chi connectivity index (χ3n) is 7.79. The molecule has 2 saturated heterocycles. The van der Waals surface area contributed by atoms with Crippen molar-refractivity contribution in [1.82, 2.24) is 9.71 Å². The second-order valence-electron chi connectivity index (χ2n) is 12.3. The van der Waals surface area contributed by atoms with Gasteiger partial charge >= 0.3 is 6.18 Å². The number of nitrogens with zero attached hydrogens (tertiary/aromatic N) is 3. The summed E-state index contributed by atoms with van der Waals surface area (Å²) in [5, 5.41) is 12.6. The molecule has 0 bridgehead atoms. The minimum absolute atomic E-state index is 0.00498. The minimum atomic E-state index is -4.75. The van der Waals surface area contributed by atoms with E-state index in [2.05, 4.69) is 15.0 Å². The van der Waals surface area contributed by atoms with Gasteiger partial charge in [-0.3, -0.25) is 4.79 Å². The lowest BCUT2D eigenvalue weighted by Crippen LogP contribution is -2.69. The molecule has 1 aromatic carbocycles. The lowest BCUT2D eigenvalue weighted by atomic mass is 9.93. The summed E-state index contributed by atoms with van der Waals surface area (Å²) in [6.07, 6.45) is -0.512. The van der Waals surface area contributed by atoms with E-state index < -0.39 is 46.3 Å². The number of pyridine rings is 1. The number of β-amino-alcohol motifs (C(OH)–C–C–N with tert-alkyl or cyclic N) is 1. The summed E-state index contributed by atoms with van der Waals surface area (Å²) < 4.78 is 67.7. The first-order chi connectivity index (χ1) is 18.5. The van der Waals surface area contributed by atoms with E-state index in [9.17, 15) is 31.5 Å². The summed E-state index contributed by atoms with van der Waals surface area (Å²) in [5.74, 6) is 0.0779. The van der Waals surface area contributed by atoms with Crippen molar-refractivity contribution in [1.29, 1.82) is 0 Å². The number of hydrogen-bond donors (Lipinski definition) is 3. The first-order valence-corrected chi connectivity index (χ1v) is 14.7. The minimum Gasteiger partial charge on any atom is -0.378 e. The van der Waals surface area contributed by atoms with Gasteiger partial charge in [-0.15, -0.1) is 0 Å². The van der Waals surface area contributed by atoms with Crippen molar-refractivity contribution in [3.05, 3.63) is 42.0 Å². The molecule has 2 aliphatic heterocycles. The Hall–Kier alpha value is -2.90. The summed E-state index contributed by atoms with van der Waals surface area (Å²) in [7, 11) is -3.83. The number of amides is 1. The van der Waals surface area contributed by atoms with Gasteiger partial charge in [0.1, 0.15) is 11.6 Å². The van der Waals surface area contributed by atoms with Crippen LogP contribution in [-0.4, -0.2) is 67.9 Å². The van der Waals surface area contributed by atoms with E-state index in [1.165, 1.54) is 48.1 Å². The molecule has 1 amide bonds. The Bertz CT molecular complexity index is 1400. The molecule has 3 aliphatic rings. The number of alkyl halides is 3. The molecule has 40 heavy (non-hydrogen) atoms. The van der Waals surface area contributed by atoms with Crippen LogP contribution in [0.5, 0.6) is 0 Å². The average Bonchev–Trinajstić information content (AvgIpc) is 3.58. The van der Waals surface area contributed by atoms with E-state index in [0.29, 0.717) is 24.3 Å². The zero-order valence-corrected chi connectivity index (χ0v) is 23.5. The zero-order valence-electron chi connectivity index (χ0n) is 22.7. The van der Waals surface area contributed by atoms with E-state index in [1.807, 2.05) is 4.90 Å². The van der Waals surface area contributed by atoms with Crippen molar-refractivity contribution in [2.45, 2.75) is 68.7 Å². The van der Waals surface area contributed by atoms with Gasteiger partial charge in [-0.2, -0.15) is 13.2 Å². The van der Waals surface area contributed by atoms with E-state index in [1.54, 1.807) is 26.8 Å². The Labute approximate surface area is 231 Å². The van der Waals surface area contributed by atoms with Gasteiger partial charge in [-0.05, 0) is 82.2 Å². The summed E-state index contributed by atoms with van der Waals surface area (Å²) >= 11 is 0. The van der Waals surface area contributed by atoms with Crippen LogP contribution < -0.4 is 19.8 Å². The Morgan fingerprint density at radius 1 is 1.00 bits per heavy atom. The van der Waals surface area contributed by atoms with Crippen LogP contribution in [0.4, 0.5) is 30.5 Å². The van der Waals surface area contributed by atoms with Gasteiger partial charge in [0.15, 0.2) is 5.60 Å². The van der Waals surface area contributed by atoms with Crippen molar-refractivity contribution >= 4 is 33.3 Å². The smallest absolute Gasteiger partial charge is 0.378 e. The van der Waals surface area contributed by atoms with Crippen LogP contribution in [0, 0.1) is 5.41 Å². The third-order valence-corrected chi connectivity index (χ3v) is 9.54. The maximum atomic E-state index is 13.5. The maximum Gasteiger partial charge on any atom is 0.420 e. The van der Waals surface area contributed by atoms with Crippen LogP contribution in [0.3, 0.4) is 0 Å². The van der Waals surface area contributed by atoms with Gasteiger partial charge in [0, 0.05) is 24.3 Å². The molecular weight excluding hydrogens is 547 g/mol.